The van der Waals surface area contributed by atoms with E-state index in [1.807, 2.05) is 12.1 Å². The monoisotopic (exact) mass is 276 g/mol. The fourth-order valence-electron chi connectivity index (χ4n) is 3.71. The van der Waals surface area contributed by atoms with E-state index in [-0.39, 0.29) is 0 Å². The highest BCUT2D eigenvalue weighted by molar-refractivity contribution is 5.27. The van der Waals surface area contributed by atoms with Crippen LogP contribution in [0.2, 0.25) is 0 Å². The van der Waals surface area contributed by atoms with E-state index in [0.717, 1.165) is 24.0 Å². The summed E-state index contributed by atoms with van der Waals surface area (Å²) in [6, 6.07) is 8.69. The number of hydrogen-bond donors (Lipinski definition) is 2. The topological polar surface area (TPSA) is 47.3 Å². The summed E-state index contributed by atoms with van der Waals surface area (Å²) in [5.74, 6) is 9.04. The smallest absolute Gasteiger partial charge is 0.118 e. The zero-order valence-electron chi connectivity index (χ0n) is 12.9. The number of nitrogens with two attached hydrogens (primary N) is 1. The van der Waals surface area contributed by atoms with Crippen molar-refractivity contribution in [3.8, 4) is 5.75 Å². The summed E-state index contributed by atoms with van der Waals surface area (Å²) in [5.41, 5.74) is 4.38. The number of benzene rings is 1. The molecule has 0 spiro atoms. The van der Waals surface area contributed by atoms with Crippen molar-refractivity contribution in [2.45, 2.75) is 45.6 Å². The fourth-order valence-corrected chi connectivity index (χ4v) is 3.71. The zero-order chi connectivity index (χ0) is 14.5. The molecule has 1 aliphatic carbocycles. The second-order valence-electron chi connectivity index (χ2n) is 6.50. The Morgan fingerprint density at radius 1 is 1.15 bits per heavy atom. The Bertz CT molecular complexity index is 394. The minimum Gasteiger partial charge on any atom is -0.497 e. The van der Waals surface area contributed by atoms with Crippen LogP contribution in [0.15, 0.2) is 24.3 Å². The quantitative estimate of drug-likeness (QED) is 0.641. The van der Waals surface area contributed by atoms with E-state index >= 15 is 0 Å². The van der Waals surface area contributed by atoms with Crippen molar-refractivity contribution in [3.63, 3.8) is 0 Å². The number of hydrazine groups is 1. The predicted molar refractivity (Wildman–Crippen MR) is 83.5 cm³/mol. The number of nitrogens with one attached hydrogen (secondary N) is 1. The number of ether oxygens (including phenoxy) is 1. The lowest BCUT2D eigenvalue weighted by Gasteiger charge is -2.36. The molecule has 0 aliphatic heterocycles. The van der Waals surface area contributed by atoms with Crippen molar-refractivity contribution in [1.82, 2.24) is 5.43 Å². The van der Waals surface area contributed by atoms with Gasteiger partial charge in [-0.1, -0.05) is 26.0 Å². The third-order valence-corrected chi connectivity index (χ3v) is 4.61. The molecular formula is C17H28N2O. The average molecular weight is 276 g/mol. The maximum atomic E-state index is 5.82. The predicted octanol–water partition coefficient (Wildman–Crippen LogP) is 3.14. The minimum atomic E-state index is 0.369. The van der Waals surface area contributed by atoms with Crippen molar-refractivity contribution >= 4 is 0 Å². The van der Waals surface area contributed by atoms with Crippen LogP contribution in [-0.2, 0) is 6.42 Å². The number of methoxy groups -OCH3 is 1. The molecule has 0 saturated heterocycles. The molecule has 0 heterocycles. The molecule has 3 unspecified atom stereocenters. The Balaban J connectivity index is 2.00. The van der Waals surface area contributed by atoms with Gasteiger partial charge in [0.2, 0.25) is 0 Å². The lowest BCUT2D eigenvalue weighted by molar-refractivity contribution is 0.175. The summed E-state index contributed by atoms with van der Waals surface area (Å²) in [6.45, 7) is 4.73. The maximum Gasteiger partial charge on any atom is 0.118 e. The van der Waals surface area contributed by atoms with Gasteiger partial charge in [0.1, 0.15) is 5.75 Å². The Hall–Kier alpha value is -1.06. The van der Waals surface area contributed by atoms with Gasteiger partial charge in [-0.15, -0.1) is 0 Å². The van der Waals surface area contributed by atoms with Crippen molar-refractivity contribution in [3.05, 3.63) is 29.8 Å². The second-order valence-corrected chi connectivity index (χ2v) is 6.50. The SMILES string of the molecule is COc1ccc(CC(NN)C2CC(C)CC(C)C2)cc1. The Labute approximate surface area is 122 Å². The van der Waals surface area contributed by atoms with Crippen LogP contribution >= 0.6 is 0 Å². The standard InChI is InChI=1S/C17H28N2O/c1-12-8-13(2)10-15(9-12)17(19-18)11-14-4-6-16(20-3)7-5-14/h4-7,12-13,15,17,19H,8-11,18H2,1-3H3. The first kappa shape index (κ1) is 15.3. The number of hydrogen-bond acceptors (Lipinski definition) is 3. The molecule has 3 N–H and O–H groups in total. The summed E-state index contributed by atoms with van der Waals surface area (Å²) in [6.07, 6.45) is 4.92. The van der Waals surface area contributed by atoms with Gasteiger partial charge in [0.05, 0.1) is 7.11 Å². The van der Waals surface area contributed by atoms with Gasteiger partial charge in [-0.25, -0.2) is 0 Å². The molecule has 0 amide bonds. The van der Waals surface area contributed by atoms with E-state index in [9.17, 15) is 0 Å². The molecule has 2 rings (SSSR count). The van der Waals surface area contributed by atoms with Crippen molar-refractivity contribution in [2.24, 2.45) is 23.6 Å². The molecule has 3 nitrogen and oxygen atoms in total. The summed E-state index contributed by atoms with van der Waals surface area (Å²) in [5, 5.41) is 0. The molecule has 1 aromatic rings. The molecule has 0 aromatic heterocycles. The first-order valence-electron chi connectivity index (χ1n) is 7.71. The van der Waals surface area contributed by atoms with E-state index in [1.165, 1.54) is 24.8 Å². The van der Waals surface area contributed by atoms with Crippen LogP contribution in [-0.4, -0.2) is 13.2 Å². The number of rotatable bonds is 5. The van der Waals surface area contributed by atoms with Gasteiger partial charge in [-0.2, -0.15) is 0 Å². The molecule has 1 aliphatic rings. The van der Waals surface area contributed by atoms with Crippen molar-refractivity contribution < 1.29 is 4.74 Å². The fraction of sp³-hybridized carbons (Fsp3) is 0.647. The summed E-state index contributed by atoms with van der Waals surface area (Å²) in [7, 11) is 1.70. The summed E-state index contributed by atoms with van der Waals surface area (Å²) < 4.78 is 5.20. The van der Waals surface area contributed by atoms with Crippen LogP contribution in [0.1, 0.15) is 38.7 Å². The largest absolute Gasteiger partial charge is 0.497 e. The van der Waals surface area contributed by atoms with Crippen LogP contribution in [0, 0.1) is 17.8 Å². The van der Waals surface area contributed by atoms with E-state index in [4.69, 9.17) is 10.6 Å². The van der Waals surface area contributed by atoms with E-state index in [0.29, 0.717) is 12.0 Å². The average Bonchev–Trinajstić information content (AvgIpc) is 2.44. The van der Waals surface area contributed by atoms with Gasteiger partial charge >= 0.3 is 0 Å². The molecule has 0 bridgehead atoms. The van der Waals surface area contributed by atoms with Gasteiger partial charge in [0.15, 0.2) is 0 Å². The van der Waals surface area contributed by atoms with Crippen LogP contribution in [0.25, 0.3) is 0 Å². The summed E-state index contributed by atoms with van der Waals surface area (Å²) in [4.78, 5) is 0. The summed E-state index contributed by atoms with van der Waals surface area (Å²) >= 11 is 0. The van der Waals surface area contributed by atoms with E-state index < -0.39 is 0 Å². The molecule has 0 radical (unpaired) electrons. The van der Waals surface area contributed by atoms with Gasteiger partial charge in [-0.3, -0.25) is 11.3 Å². The van der Waals surface area contributed by atoms with Gasteiger partial charge in [0, 0.05) is 6.04 Å². The van der Waals surface area contributed by atoms with Gasteiger partial charge < -0.3 is 4.74 Å². The van der Waals surface area contributed by atoms with Crippen LogP contribution in [0.3, 0.4) is 0 Å². The van der Waals surface area contributed by atoms with Crippen molar-refractivity contribution in [1.29, 1.82) is 0 Å². The maximum absolute atomic E-state index is 5.82. The molecule has 1 aromatic carbocycles. The normalized spacial score (nSPS) is 28.1. The first-order valence-corrected chi connectivity index (χ1v) is 7.71. The highest BCUT2D eigenvalue weighted by atomic mass is 16.5. The van der Waals surface area contributed by atoms with Crippen LogP contribution in [0.4, 0.5) is 0 Å². The Kier molecular flexibility index (Phi) is 5.44. The Morgan fingerprint density at radius 2 is 1.75 bits per heavy atom. The van der Waals surface area contributed by atoms with Crippen LogP contribution < -0.4 is 16.0 Å². The first-order chi connectivity index (χ1) is 9.62. The zero-order valence-corrected chi connectivity index (χ0v) is 12.9. The highest BCUT2D eigenvalue weighted by Crippen LogP contribution is 2.35. The van der Waals surface area contributed by atoms with E-state index in [2.05, 4.69) is 31.4 Å². The van der Waals surface area contributed by atoms with Crippen molar-refractivity contribution in [2.75, 3.05) is 7.11 Å². The third-order valence-electron chi connectivity index (χ3n) is 4.61. The molecule has 3 atom stereocenters. The molecular weight excluding hydrogens is 248 g/mol. The molecule has 3 heteroatoms. The second kappa shape index (κ2) is 7.09. The van der Waals surface area contributed by atoms with Crippen LogP contribution in [0.5, 0.6) is 5.75 Å². The highest BCUT2D eigenvalue weighted by Gasteiger charge is 2.29. The molecule has 20 heavy (non-hydrogen) atoms. The van der Waals surface area contributed by atoms with E-state index in [1.54, 1.807) is 7.11 Å². The lowest BCUT2D eigenvalue weighted by atomic mass is 9.73. The lowest BCUT2D eigenvalue weighted by Crippen LogP contribution is -2.44. The molecule has 112 valence electrons. The van der Waals surface area contributed by atoms with Gasteiger partial charge in [-0.05, 0) is 61.1 Å². The molecule has 1 fully saturated rings. The Morgan fingerprint density at radius 3 is 2.25 bits per heavy atom. The minimum absolute atomic E-state index is 0.369. The van der Waals surface area contributed by atoms with Gasteiger partial charge in [0.25, 0.3) is 0 Å². The molecule has 1 saturated carbocycles. The third kappa shape index (κ3) is 3.97.